The molecule has 0 aliphatic rings. The van der Waals surface area contributed by atoms with Crippen molar-refractivity contribution < 1.29 is 32.9 Å². The lowest BCUT2D eigenvalue weighted by molar-refractivity contribution is -0.870. The van der Waals surface area contributed by atoms with E-state index in [1.807, 2.05) is 27.2 Å². The molecule has 0 saturated heterocycles. The highest BCUT2D eigenvalue weighted by Gasteiger charge is 2.23. The van der Waals surface area contributed by atoms with Crippen molar-refractivity contribution in [2.24, 2.45) is 0 Å². The van der Waals surface area contributed by atoms with Crippen molar-refractivity contribution in [2.45, 2.75) is 231 Å². The maximum Gasteiger partial charge on any atom is 0.268 e. The molecule has 0 radical (unpaired) electrons. The van der Waals surface area contributed by atoms with Gasteiger partial charge in [0.2, 0.25) is 5.91 Å². The van der Waals surface area contributed by atoms with Crippen molar-refractivity contribution in [1.29, 1.82) is 0 Å². The zero-order valence-electron chi connectivity index (χ0n) is 45.7. The number of rotatable bonds is 50. The predicted octanol–water partition coefficient (Wildman–Crippen LogP) is 16.6. The van der Waals surface area contributed by atoms with Gasteiger partial charge in [-0.15, -0.1) is 0 Å². The van der Waals surface area contributed by atoms with Gasteiger partial charge in [0.1, 0.15) is 13.2 Å². The van der Waals surface area contributed by atoms with Crippen LogP contribution in [-0.2, 0) is 18.4 Å². The number of nitrogens with one attached hydrogen (secondary N) is 1. The molecule has 0 saturated carbocycles. The monoisotopic (exact) mass is 995 g/mol. The van der Waals surface area contributed by atoms with Crippen LogP contribution in [0.4, 0.5) is 0 Å². The molecular formula is C61H107N2O6P. The van der Waals surface area contributed by atoms with Gasteiger partial charge in [0.15, 0.2) is 0 Å². The van der Waals surface area contributed by atoms with Crippen LogP contribution in [0.2, 0.25) is 0 Å². The number of hydrogen-bond donors (Lipinski definition) is 2. The normalized spacial score (nSPS) is 14.8. The molecular weight excluding hydrogens is 888 g/mol. The van der Waals surface area contributed by atoms with Crippen LogP contribution >= 0.6 is 7.82 Å². The maximum atomic E-state index is 13.0. The first-order valence-corrected chi connectivity index (χ1v) is 29.7. The van der Waals surface area contributed by atoms with E-state index in [0.29, 0.717) is 17.4 Å². The first-order chi connectivity index (χ1) is 34.0. The summed E-state index contributed by atoms with van der Waals surface area (Å²) in [6, 6.07) is -0.909. The Morgan fingerprint density at radius 2 is 0.871 bits per heavy atom. The molecule has 1 amide bonds. The lowest BCUT2D eigenvalue weighted by Crippen LogP contribution is -2.45. The summed E-state index contributed by atoms with van der Waals surface area (Å²) in [4.78, 5) is 25.5. The smallest absolute Gasteiger partial charge is 0.268 e. The van der Waals surface area contributed by atoms with E-state index in [1.54, 1.807) is 6.08 Å². The van der Waals surface area contributed by atoms with Crippen LogP contribution in [0.15, 0.2) is 109 Å². The number of carbonyl (C=O) groups excluding carboxylic acids is 1. The van der Waals surface area contributed by atoms with Gasteiger partial charge in [-0.3, -0.25) is 9.36 Å². The number of amides is 1. The Morgan fingerprint density at radius 3 is 1.27 bits per heavy atom. The molecule has 0 aromatic carbocycles. The summed E-state index contributed by atoms with van der Waals surface area (Å²) in [5.41, 5.74) is 0. The number of hydrogen-bond acceptors (Lipinski definition) is 6. The second-order valence-corrected chi connectivity index (χ2v) is 21.3. The van der Waals surface area contributed by atoms with Crippen molar-refractivity contribution in [1.82, 2.24) is 5.32 Å². The largest absolute Gasteiger partial charge is 0.756 e. The molecule has 0 aliphatic carbocycles. The molecule has 2 N–H and O–H groups in total. The number of unbranched alkanes of at least 4 members (excludes halogenated alkanes) is 21. The van der Waals surface area contributed by atoms with Crippen molar-refractivity contribution in [3.8, 4) is 0 Å². The minimum atomic E-state index is -4.61. The van der Waals surface area contributed by atoms with Crippen molar-refractivity contribution in [2.75, 3.05) is 40.9 Å². The van der Waals surface area contributed by atoms with E-state index in [0.717, 1.165) is 103 Å². The molecule has 402 valence electrons. The Kier molecular flexibility index (Phi) is 49.0. The lowest BCUT2D eigenvalue weighted by Gasteiger charge is -2.29. The van der Waals surface area contributed by atoms with Crippen molar-refractivity contribution in [3.05, 3.63) is 109 Å². The van der Waals surface area contributed by atoms with Gasteiger partial charge in [0, 0.05) is 6.42 Å². The number of carbonyl (C=O) groups is 1. The van der Waals surface area contributed by atoms with Crippen LogP contribution in [-0.4, -0.2) is 68.5 Å². The maximum absolute atomic E-state index is 13.0. The zero-order valence-corrected chi connectivity index (χ0v) is 46.6. The van der Waals surface area contributed by atoms with Gasteiger partial charge in [0.25, 0.3) is 7.82 Å². The Balaban J connectivity index is 4.34. The van der Waals surface area contributed by atoms with E-state index >= 15 is 0 Å². The minimum absolute atomic E-state index is 0.0122. The SMILES string of the molecule is CC/C=C\C/C=C\C/C=C\C/C=C\C/C=C\C/C=C\C/C=C\C/C=C\CCCCCCC(=O)NC(COP(=O)([O-])OCC[N+](C)(C)C)C(O)/C=C/CCCCCCCCCCCCCCCCCCC. The minimum Gasteiger partial charge on any atom is -0.756 e. The van der Waals surface area contributed by atoms with Crippen LogP contribution in [0.5, 0.6) is 0 Å². The summed E-state index contributed by atoms with van der Waals surface area (Å²) in [5.74, 6) is -0.225. The molecule has 70 heavy (non-hydrogen) atoms. The van der Waals surface area contributed by atoms with Crippen LogP contribution in [0.1, 0.15) is 219 Å². The molecule has 0 spiro atoms. The number of nitrogens with zero attached hydrogens (tertiary/aromatic N) is 1. The van der Waals surface area contributed by atoms with Gasteiger partial charge >= 0.3 is 0 Å². The molecule has 0 fully saturated rings. The topological polar surface area (TPSA) is 108 Å². The Hall–Kier alpha value is -2.84. The molecule has 0 aliphatic heterocycles. The van der Waals surface area contributed by atoms with Crippen LogP contribution in [0, 0.1) is 0 Å². The van der Waals surface area contributed by atoms with Crippen LogP contribution in [0.3, 0.4) is 0 Å². The number of aliphatic hydroxyl groups is 1. The lowest BCUT2D eigenvalue weighted by atomic mass is 10.0. The fourth-order valence-corrected chi connectivity index (χ4v) is 8.30. The number of allylic oxidation sites excluding steroid dienone is 17. The summed E-state index contributed by atoms with van der Waals surface area (Å²) in [6.07, 6.45) is 74.4. The molecule has 3 unspecified atom stereocenters. The van der Waals surface area contributed by atoms with E-state index in [4.69, 9.17) is 9.05 Å². The van der Waals surface area contributed by atoms with E-state index < -0.39 is 26.6 Å². The molecule has 3 atom stereocenters. The molecule has 0 rings (SSSR count). The fourth-order valence-electron chi connectivity index (χ4n) is 7.58. The second kappa shape index (κ2) is 51.1. The number of phosphoric ester groups is 1. The number of likely N-dealkylation sites (N-methyl/N-ethyl adjacent to an activating group) is 1. The van der Waals surface area contributed by atoms with E-state index in [2.05, 4.69) is 116 Å². The average Bonchev–Trinajstić information content (AvgIpc) is 3.32. The number of aliphatic hydroxyl groups excluding tert-OH is 1. The van der Waals surface area contributed by atoms with Crippen LogP contribution in [0.25, 0.3) is 0 Å². The molecule has 0 bridgehead atoms. The molecule has 0 aromatic rings. The average molecular weight is 996 g/mol. The summed E-state index contributed by atoms with van der Waals surface area (Å²) in [5, 5.41) is 13.9. The van der Waals surface area contributed by atoms with Gasteiger partial charge in [-0.25, -0.2) is 0 Å². The third-order valence-corrected chi connectivity index (χ3v) is 13.0. The van der Waals surface area contributed by atoms with Crippen molar-refractivity contribution >= 4 is 13.7 Å². The zero-order chi connectivity index (χ0) is 51.3. The highest BCUT2D eigenvalue weighted by molar-refractivity contribution is 7.45. The van der Waals surface area contributed by atoms with E-state index in [9.17, 15) is 19.4 Å². The summed E-state index contributed by atoms with van der Waals surface area (Å²) in [6.45, 7) is 4.51. The van der Waals surface area contributed by atoms with Crippen LogP contribution < -0.4 is 10.2 Å². The summed E-state index contributed by atoms with van der Waals surface area (Å²) < 4.78 is 23.3. The van der Waals surface area contributed by atoms with Gasteiger partial charge in [0.05, 0.1) is 39.9 Å². The number of phosphoric acid groups is 1. The van der Waals surface area contributed by atoms with Crippen molar-refractivity contribution in [3.63, 3.8) is 0 Å². The third kappa shape index (κ3) is 53.0. The highest BCUT2D eigenvalue weighted by Crippen LogP contribution is 2.38. The van der Waals surface area contributed by atoms with Gasteiger partial charge in [-0.2, -0.15) is 0 Å². The first kappa shape index (κ1) is 67.2. The standard InChI is InChI=1S/C61H107N2O6P/c1-6-8-10-12-14-16-18-20-22-24-26-27-28-29-30-31-32-33-34-35-37-39-41-43-45-47-49-51-53-55-61(65)62-59(58-69-70(66,67)68-57-56-63(3,4)5)60(64)54-52-50-48-46-44-42-40-38-36-25-23-21-19-17-15-13-11-9-7-2/h8,10,14,16,20,22,26-27,29-30,32-33,35,37,41,43,52,54,59-60,64H,6-7,9,11-13,15,17-19,21,23-25,28,31,34,36,38-40,42,44-51,53,55-58H2,1-5H3,(H-,62,65,66,67)/b10-8-,16-14-,22-20-,27-26-,30-29-,33-32-,37-35-,43-41-,54-52+. The first-order valence-electron chi connectivity index (χ1n) is 28.2. The van der Waals surface area contributed by atoms with Gasteiger partial charge < -0.3 is 28.8 Å². The Labute approximate surface area is 431 Å². The second-order valence-electron chi connectivity index (χ2n) is 19.9. The highest BCUT2D eigenvalue weighted by atomic mass is 31.2. The summed E-state index contributed by atoms with van der Waals surface area (Å²) in [7, 11) is 1.23. The predicted molar refractivity (Wildman–Crippen MR) is 302 cm³/mol. The number of quaternary nitrogens is 1. The van der Waals surface area contributed by atoms with Gasteiger partial charge in [-0.1, -0.05) is 239 Å². The van der Waals surface area contributed by atoms with E-state index in [-0.39, 0.29) is 12.5 Å². The summed E-state index contributed by atoms with van der Waals surface area (Å²) >= 11 is 0. The quantitative estimate of drug-likeness (QED) is 0.0272. The van der Waals surface area contributed by atoms with E-state index in [1.165, 1.54) is 96.3 Å². The Bertz CT molecular complexity index is 1500. The fraction of sp³-hybridized carbons (Fsp3) is 0.689. The molecule has 9 heteroatoms. The van der Waals surface area contributed by atoms with Gasteiger partial charge in [-0.05, 0) is 83.5 Å². The molecule has 0 heterocycles. The molecule has 0 aromatic heterocycles. The Morgan fingerprint density at radius 1 is 0.514 bits per heavy atom. The molecule has 8 nitrogen and oxygen atoms in total. The third-order valence-electron chi connectivity index (χ3n) is 12.0.